The monoisotopic (exact) mass is 284 g/mol. The molecular formula is C12H16N2O4S. The highest BCUT2D eigenvalue weighted by Crippen LogP contribution is 2.24. The van der Waals surface area contributed by atoms with Crippen LogP contribution in [0.1, 0.15) is 41.1 Å². The summed E-state index contributed by atoms with van der Waals surface area (Å²) < 4.78 is 27.8. The largest absolute Gasteiger partial charge is 0.350 e. The molecular weight excluding hydrogens is 268 g/mol. The molecule has 1 fully saturated rings. The van der Waals surface area contributed by atoms with Gasteiger partial charge in [-0.05, 0) is 32.1 Å². The van der Waals surface area contributed by atoms with Crippen molar-refractivity contribution in [3.8, 4) is 0 Å². The van der Waals surface area contributed by atoms with Crippen LogP contribution in [0.2, 0.25) is 0 Å². The number of sulfone groups is 1. The fourth-order valence-electron chi connectivity index (χ4n) is 2.73. The smallest absolute Gasteiger partial charge is 0.290 e. The van der Waals surface area contributed by atoms with Crippen LogP contribution in [0.25, 0.3) is 0 Å². The zero-order chi connectivity index (χ0) is 13.5. The van der Waals surface area contributed by atoms with Crippen LogP contribution in [0, 0.1) is 0 Å². The number of nitrogens with zero attached hydrogens (tertiary/aromatic N) is 1. The summed E-state index contributed by atoms with van der Waals surface area (Å²) in [6.07, 6.45) is 4.24. The van der Waals surface area contributed by atoms with E-state index in [1.165, 1.54) is 0 Å². The molecule has 1 atom stereocenters. The minimum Gasteiger partial charge on any atom is -0.350 e. The van der Waals surface area contributed by atoms with Crippen molar-refractivity contribution in [1.82, 2.24) is 10.5 Å². The van der Waals surface area contributed by atoms with Crippen molar-refractivity contribution in [2.45, 2.75) is 38.1 Å². The van der Waals surface area contributed by atoms with E-state index in [0.717, 1.165) is 36.9 Å². The summed E-state index contributed by atoms with van der Waals surface area (Å²) in [5, 5.41) is 6.66. The number of rotatable bonds is 2. The second-order valence-electron chi connectivity index (χ2n) is 5.22. The van der Waals surface area contributed by atoms with E-state index < -0.39 is 9.84 Å². The van der Waals surface area contributed by atoms with Crippen LogP contribution in [0.4, 0.5) is 0 Å². The van der Waals surface area contributed by atoms with Crippen LogP contribution in [0.15, 0.2) is 4.52 Å². The molecule has 2 aliphatic rings. The fraction of sp³-hybridized carbons (Fsp3) is 0.667. The summed E-state index contributed by atoms with van der Waals surface area (Å²) in [7, 11) is -2.99. The number of aromatic nitrogens is 1. The van der Waals surface area contributed by atoms with Gasteiger partial charge in [0.1, 0.15) is 0 Å². The van der Waals surface area contributed by atoms with Crippen molar-refractivity contribution in [2.75, 3.05) is 11.5 Å². The molecule has 0 unspecified atom stereocenters. The number of hydrogen-bond acceptors (Lipinski definition) is 5. The molecule has 2 heterocycles. The summed E-state index contributed by atoms with van der Waals surface area (Å²) in [5.41, 5.74) is 1.76. The van der Waals surface area contributed by atoms with E-state index in [2.05, 4.69) is 10.5 Å². The third kappa shape index (κ3) is 2.51. The van der Waals surface area contributed by atoms with Gasteiger partial charge in [0.15, 0.2) is 9.84 Å². The third-order valence-electron chi connectivity index (χ3n) is 3.73. The predicted molar refractivity (Wildman–Crippen MR) is 67.7 cm³/mol. The Bertz CT molecular complexity index is 605. The van der Waals surface area contributed by atoms with Crippen molar-refractivity contribution < 1.29 is 17.7 Å². The lowest BCUT2D eigenvalue weighted by atomic mass is 9.96. The maximum absolute atomic E-state index is 12.1. The first-order valence-corrected chi connectivity index (χ1v) is 8.36. The zero-order valence-electron chi connectivity index (χ0n) is 10.5. The molecule has 1 aromatic heterocycles. The molecule has 3 rings (SSSR count). The van der Waals surface area contributed by atoms with Crippen molar-refractivity contribution in [2.24, 2.45) is 0 Å². The lowest BCUT2D eigenvalue weighted by molar-refractivity contribution is 0.0902. The molecule has 19 heavy (non-hydrogen) atoms. The van der Waals surface area contributed by atoms with Gasteiger partial charge in [0.2, 0.25) is 5.76 Å². The summed E-state index contributed by atoms with van der Waals surface area (Å²) in [5.74, 6) is 0.0957. The first kappa shape index (κ1) is 12.7. The summed E-state index contributed by atoms with van der Waals surface area (Å²) in [6, 6.07) is -0.304. The minimum absolute atomic E-state index is 0.0229. The summed E-state index contributed by atoms with van der Waals surface area (Å²) in [4.78, 5) is 12.1. The molecule has 6 nitrogen and oxygen atoms in total. The molecule has 0 spiro atoms. The molecule has 1 aliphatic carbocycles. The summed E-state index contributed by atoms with van der Waals surface area (Å²) >= 11 is 0. The Kier molecular flexibility index (Phi) is 3.08. The normalized spacial score (nSPS) is 24.9. The molecule has 0 bridgehead atoms. The maximum atomic E-state index is 12.1. The Morgan fingerprint density at radius 1 is 1.32 bits per heavy atom. The van der Waals surface area contributed by atoms with E-state index in [0.29, 0.717) is 6.42 Å². The predicted octanol–water partition coefficient (Wildman–Crippen LogP) is 0.470. The maximum Gasteiger partial charge on any atom is 0.290 e. The molecule has 104 valence electrons. The summed E-state index contributed by atoms with van der Waals surface area (Å²) in [6.45, 7) is 0. The van der Waals surface area contributed by atoms with Gasteiger partial charge in [-0.15, -0.1) is 0 Å². The Labute approximate surface area is 111 Å². The number of carbonyl (C=O) groups is 1. The highest BCUT2D eigenvalue weighted by molar-refractivity contribution is 7.91. The van der Waals surface area contributed by atoms with Gasteiger partial charge in [0.25, 0.3) is 5.91 Å². The number of fused-ring (bicyclic) bond motifs is 1. The van der Waals surface area contributed by atoms with E-state index in [1.54, 1.807) is 0 Å². The molecule has 7 heteroatoms. The Morgan fingerprint density at radius 3 is 2.84 bits per heavy atom. The quantitative estimate of drug-likeness (QED) is 0.852. The van der Waals surface area contributed by atoms with E-state index in [1.807, 2.05) is 0 Å². The highest BCUT2D eigenvalue weighted by Gasteiger charge is 2.31. The SMILES string of the molecule is O=C(N[C@H]1CCS(=O)(=O)C1)c1onc2c1CCCC2. The molecule has 0 radical (unpaired) electrons. The van der Waals surface area contributed by atoms with Crippen molar-refractivity contribution in [3.05, 3.63) is 17.0 Å². The Hall–Kier alpha value is -1.37. The lowest BCUT2D eigenvalue weighted by Gasteiger charge is -2.11. The van der Waals surface area contributed by atoms with E-state index >= 15 is 0 Å². The topological polar surface area (TPSA) is 89.3 Å². The fourth-order valence-corrected chi connectivity index (χ4v) is 4.40. The van der Waals surface area contributed by atoms with E-state index in [4.69, 9.17) is 4.52 Å². The number of amides is 1. The van der Waals surface area contributed by atoms with Gasteiger partial charge in [-0.3, -0.25) is 4.79 Å². The molecule has 0 aromatic carbocycles. The molecule has 1 aliphatic heterocycles. The molecule has 1 aromatic rings. The number of aryl methyl sites for hydroxylation is 1. The van der Waals surface area contributed by atoms with Gasteiger partial charge in [-0.25, -0.2) is 8.42 Å². The molecule has 0 saturated carbocycles. The van der Waals surface area contributed by atoms with Crippen LogP contribution in [0.5, 0.6) is 0 Å². The van der Waals surface area contributed by atoms with Crippen LogP contribution in [-0.4, -0.2) is 37.0 Å². The minimum atomic E-state index is -2.99. The van der Waals surface area contributed by atoms with Gasteiger partial charge in [0.05, 0.1) is 17.2 Å². The van der Waals surface area contributed by atoms with Crippen LogP contribution in [-0.2, 0) is 22.7 Å². The van der Waals surface area contributed by atoms with E-state index in [-0.39, 0.29) is 29.2 Å². The number of nitrogens with one attached hydrogen (secondary N) is 1. The average molecular weight is 284 g/mol. The van der Waals surface area contributed by atoms with Crippen LogP contribution < -0.4 is 5.32 Å². The van der Waals surface area contributed by atoms with E-state index in [9.17, 15) is 13.2 Å². The average Bonchev–Trinajstić information content (AvgIpc) is 2.92. The Morgan fingerprint density at radius 2 is 2.11 bits per heavy atom. The molecule has 1 saturated heterocycles. The van der Waals surface area contributed by atoms with Gasteiger partial charge in [0, 0.05) is 11.6 Å². The first-order valence-electron chi connectivity index (χ1n) is 6.54. The third-order valence-corrected chi connectivity index (χ3v) is 5.50. The molecule has 1 N–H and O–H groups in total. The number of hydrogen-bond donors (Lipinski definition) is 1. The van der Waals surface area contributed by atoms with Gasteiger partial charge < -0.3 is 9.84 Å². The highest BCUT2D eigenvalue weighted by atomic mass is 32.2. The second kappa shape index (κ2) is 4.63. The zero-order valence-corrected chi connectivity index (χ0v) is 11.3. The lowest BCUT2D eigenvalue weighted by Crippen LogP contribution is -2.35. The van der Waals surface area contributed by atoms with Crippen molar-refractivity contribution >= 4 is 15.7 Å². The van der Waals surface area contributed by atoms with Gasteiger partial charge in [-0.2, -0.15) is 0 Å². The van der Waals surface area contributed by atoms with Gasteiger partial charge in [-0.1, -0.05) is 5.16 Å². The van der Waals surface area contributed by atoms with Crippen molar-refractivity contribution in [3.63, 3.8) is 0 Å². The standard InChI is InChI=1S/C12H16N2O4S/c15-12(13-8-5-6-19(16,17)7-8)11-9-3-1-2-4-10(9)14-18-11/h8H,1-7H2,(H,13,15)/t8-/m0/s1. The first-order chi connectivity index (χ1) is 9.05. The number of carbonyl (C=O) groups excluding carboxylic acids is 1. The van der Waals surface area contributed by atoms with Crippen LogP contribution >= 0.6 is 0 Å². The van der Waals surface area contributed by atoms with Crippen molar-refractivity contribution in [1.29, 1.82) is 0 Å². The van der Waals surface area contributed by atoms with Gasteiger partial charge >= 0.3 is 0 Å². The molecule has 1 amide bonds. The Balaban J connectivity index is 1.73. The van der Waals surface area contributed by atoms with Crippen LogP contribution in [0.3, 0.4) is 0 Å². The second-order valence-corrected chi connectivity index (χ2v) is 7.45.